The summed E-state index contributed by atoms with van der Waals surface area (Å²) in [4.78, 5) is 0. The lowest BCUT2D eigenvalue weighted by molar-refractivity contribution is -0.301. The molecule has 1 saturated heterocycles. The molecule has 7 nitrogen and oxygen atoms in total. The van der Waals surface area contributed by atoms with Gasteiger partial charge in [0, 0.05) is 6.61 Å². The molecule has 1 heterocycles. The van der Waals surface area contributed by atoms with E-state index in [9.17, 15) is 20.4 Å². The maximum Gasteiger partial charge on any atom is 0.261 e. The van der Waals surface area contributed by atoms with E-state index in [4.69, 9.17) is 13.9 Å². The van der Waals surface area contributed by atoms with E-state index in [0.29, 0.717) is 13.2 Å². The van der Waals surface area contributed by atoms with Crippen molar-refractivity contribution in [1.82, 2.24) is 0 Å². The number of ether oxygens (including phenoxy) is 2. The number of allylic oxidation sites excluding steroid dienone is 2. The minimum atomic E-state index is -2.48. The summed E-state index contributed by atoms with van der Waals surface area (Å²) in [5.74, 6) is 0. The van der Waals surface area contributed by atoms with Crippen LogP contribution in [0.3, 0.4) is 0 Å². The van der Waals surface area contributed by atoms with Gasteiger partial charge in [0.15, 0.2) is 6.29 Å². The first-order chi connectivity index (χ1) is 18.7. The number of rotatable bonds is 14. The number of unbranched alkanes of at least 4 members (excludes halogenated alkanes) is 3. The second-order valence-electron chi connectivity index (χ2n) is 11.2. The number of benzene rings is 2. The maximum atomic E-state index is 10.0. The topological polar surface area (TPSA) is 109 Å². The van der Waals surface area contributed by atoms with Crippen molar-refractivity contribution in [3.05, 3.63) is 72.8 Å². The lowest BCUT2D eigenvalue weighted by Crippen LogP contribution is -2.66. The van der Waals surface area contributed by atoms with E-state index < -0.39 is 45.6 Å². The van der Waals surface area contributed by atoms with Gasteiger partial charge in [-0.15, -0.1) is 0 Å². The lowest BCUT2D eigenvalue weighted by Gasteiger charge is -2.43. The SMILES string of the molecule is CC(C)(C)[Si](OCCCC/C=C/CCCO[C@H]1O[C@H](CO)[C@@H](O)[C@H](O)[C@@H]1O)(c1ccccc1)c1ccccc1. The zero-order valence-corrected chi connectivity index (χ0v) is 24.5. The predicted octanol–water partition coefficient (Wildman–Crippen LogP) is 2.89. The summed E-state index contributed by atoms with van der Waals surface area (Å²) in [7, 11) is -2.48. The van der Waals surface area contributed by atoms with E-state index in [1.54, 1.807) is 0 Å². The van der Waals surface area contributed by atoms with E-state index in [2.05, 4.69) is 93.6 Å². The van der Waals surface area contributed by atoms with E-state index >= 15 is 0 Å². The van der Waals surface area contributed by atoms with Crippen LogP contribution in [0.4, 0.5) is 0 Å². The molecule has 0 spiro atoms. The highest BCUT2D eigenvalue weighted by Gasteiger charge is 2.50. The highest BCUT2D eigenvalue weighted by molar-refractivity contribution is 6.99. The van der Waals surface area contributed by atoms with Gasteiger partial charge in [-0.25, -0.2) is 0 Å². The Morgan fingerprint density at radius 2 is 1.33 bits per heavy atom. The molecule has 1 fully saturated rings. The quantitative estimate of drug-likeness (QED) is 0.160. The molecule has 2 aromatic rings. The Labute approximate surface area is 234 Å². The van der Waals surface area contributed by atoms with Crippen molar-refractivity contribution in [2.45, 2.75) is 88.6 Å². The Hall–Kier alpha value is -1.88. The number of hydrogen-bond acceptors (Lipinski definition) is 7. The molecule has 0 amide bonds. The van der Waals surface area contributed by atoms with Crippen LogP contribution in [0.5, 0.6) is 0 Å². The third kappa shape index (κ3) is 8.08. The summed E-state index contributed by atoms with van der Waals surface area (Å²) in [6.45, 7) is 7.47. The van der Waals surface area contributed by atoms with Gasteiger partial charge in [-0.1, -0.05) is 93.6 Å². The van der Waals surface area contributed by atoms with Crippen molar-refractivity contribution in [2.24, 2.45) is 0 Å². The summed E-state index contributed by atoms with van der Waals surface area (Å²) < 4.78 is 17.8. The molecule has 0 aromatic heterocycles. The van der Waals surface area contributed by atoms with E-state index in [0.717, 1.165) is 32.1 Å². The zero-order chi connectivity index (χ0) is 28.3. The van der Waals surface area contributed by atoms with Crippen LogP contribution in [0.1, 0.15) is 52.9 Å². The normalized spacial score (nSPS) is 24.3. The Balaban J connectivity index is 1.41. The molecule has 0 radical (unpaired) electrons. The molecule has 2 aromatic carbocycles. The third-order valence-corrected chi connectivity index (χ3v) is 12.4. The molecule has 8 heteroatoms. The molecule has 0 aliphatic carbocycles. The van der Waals surface area contributed by atoms with Crippen molar-refractivity contribution in [1.29, 1.82) is 0 Å². The van der Waals surface area contributed by atoms with E-state index in [1.165, 1.54) is 10.4 Å². The van der Waals surface area contributed by atoms with Crippen molar-refractivity contribution in [3.8, 4) is 0 Å². The van der Waals surface area contributed by atoms with Crippen molar-refractivity contribution < 1.29 is 34.3 Å². The fourth-order valence-corrected chi connectivity index (χ4v) is 9.80. The molecule has 0 bridgehead atoms. The van der Waals surface area contributed by atoms with Crippen LogP contribution in [0, 0.1) is 0 Å². The van der Waals surface area contributed by atoms with Crippen molar-refractivity contribution >= 4 is 18.7 Å². The molecule has 5 atom stereocenters. The Morgan fingerprint density at radius 3 is 1.87 bits per heavy atom. The zero-order valence-electron chi connectivity index (χ0n) is 23.5. The first-order valence-electron chi connectivity index (χ1n) is 14.0. The van der Waals surface area contributed by atoms with Gasteiger partial charge in [-0.05, 0) is 47.5 Å². The number of hydrogen-bond donors (Lipinski definition) is 4. The van der Waals surface area contributed by atoms with E-state index in [-0.39, 0.29) is 5.04 Å². The van der Waals surface area contributed by atoms with Gasteiger partial charge in [-0.2, -0.15) is 0 Å². The monoisotopic (exact) mass is 558 g/mol. The van der Waals surface area contributed by atoms with Crippen LogP contribution in [-0.4, -0.2) is 79.3 Å². The standard InChI is InChI=1S/C31H46O7Si/c1-31(2,3)39(24-17-11-9-12-18-24,25-19-13-10-14-20-25)37-22-16-8-6-4-5-7-15-21-36-30-29(35)28(34)27(33)26(23-32)38-30/h4-5,9-14,17-20,26-30,32-35H,6-8,15-16,21-23H2,1-3H3/b5-4+/t26-,27-,28+,29+,30+/m1/s1. The summed E-state index contributed by atoms with van der Waals surface area (Å²) in [6, 6.07) is 21.4. The number of aliphatic hydroxyl groups is 4. The predicted molar refractivity (Wildman–Crippen MR) is 156 cm³/mol. The van der Waals surface area contributed by atoms with Gasteiger partial charge in [0.25, 0.3) is 8.32 Å². The summed E-state index contributed by atoms with van der Waals surface area (Å²) in [5, 5.41) is 41.5. The molecular formula is C31H46O7Si. The molecule has 3 rings (SSSR count). The van der Waals surface area contributed by atoms with Gasteiger partial charge in [-0.3, -0.25) is 0 Å². The molecule has 1 aliphatic heterocycles. The highest BCUT2D eigenvalue weighted by Crippen LogP contribution is 2.36. The van der Waals surface area contributed by atoms with Crippen molar-refractivity contribution in [2.75, 3.05) is 19.8 Å². The smallest absolute Gasteiger partial charge is 0.261 e. The Kier molecular flexibility index (Phi) is 12.3. The van der Waals surface area contributed by atoms with Crippen LogP contribution >= 0.6 is 0 Å². The Morgan fingerprint density at radius 1 is 0.769 bits per heavy atom. The highest BCUT2D eigenvalue weighted by atomic mass is 28.4. The van der Waals surface area contributed by atoms with Gasteiger partial charge >= 0.3 is 0 Å². The fourth-order valence-electron chi connectivity index (χ4n) is 5.19. The Bertz CT molecular complexity index is 938. The fraction of sp³-hybridized carbons (Fsp3) is 0.548. The van der Waals surface area contributed by atoms with Crippen LogP contribution in [-0.2, 0) is 13.9 Å². The number of aliphatic hydroxyl groups excluding tert-OH is 4. The van der Waals surface area contributed by atoms with Crippen LogP contribution < -0.4 is 10.4 Å². The summed E-state index contributed by atoms with van der Waals surface area (Å²) >= 11 is 0. The molecule has 216 valence electrons. The van der Waals surface area contributed by atoms with Gasteiger partial charge in [0.1, 0.15) is 24.4 Å². The van der Waals surface area contributed by atoms with Crippen molar-refractivity contribution in [3.63, 3.8) is 0 Å². The van der Waals surface area contributed by atoms with Gasteiger partial charge < -0.3 is 34.3 Å². The average Bonchev–Trinajstić information content (AvgIpc) is 2.94. The largest absolute Gasteiger partial charge is 0.407 e. The molecule has 0 unspecified atom stereocenters. The average molecular weight is 559 g/mol. The van der Waals surface area contributed by atoms with Gasteiger partial charge in [0.2, 0.25) is 0 Å². The molecule has 1 aliphatic rings. The first-order valence-corrected chi connectivity index (χ1v) is 16.0. The lowest BCUT2D eigenvalue weighted by atomic mass is 9.99. The molecule has 4 N–H and O–H groups in total. The molecule has 0 saturated carbocycles. The third-order valence-electron chi connectivity index (χ3n) is 7.31. The molecule has 39 heavy (non-hydrogen) atoms. The van der Waals surface area contributed by atoms with Crippen LogP contribution in [0.2, 0.25) is 5.04 Å². The first kappa shape index (κ1) is 31.6. The van der Waals surface area contributed by atoms with Gasteiger partial charge in [0.05, 0.1) is 13.2 Å². The second kappa shape index (κ2) is 15.2. The van der Waals surface area contributed by atoms with Crippen LogP contribution in [0.15, 0.2) is 72.8 Å². The maximum absolute atomic E-state index is 10.0. The molecular weight excluding hydrogens is 512 g/mol. The van der Waals surface area contributed by atoms with E-state index in [1.807, 2.05) is 0 Å². The minimum Gasteiger partial charge on any atom is -0.407 e. The summed E-state index contributed by atoms with van der Waals surface area (Å²) in [5.41, 5.74) is 0. The minimum absolute atomic E-state index is 0.0205. The van der Waals surface area contributed by atoms with Crippen LogP contribution in [0.25, 0.3) is 0 Å². The summed E-state index contributed by atoms with van der Waals surface area (Å²) in [6.07, 6.45) is 2.67. The second-order valence-corrected chi connectivity index (χ2v) is 15.5.